The van der Waals surface area contributed by atoms with Gasteiger partial charge in [-0.1, -0.05) is 37.1 Å². The molecule has 0 aliphatic heterocycles. The Kier molecular flexibility index (Phi) is 3.10. The highest BCUT2D eigenvalue weighted by Gasteiger charge is 2.17. The molecule has 2 N–H and O–H groups in total. The lowest BCUT2D eigenvalue weighted by Gasteiger charge is -2.12. The predicted molar refractivity (Wildman–Crippen MR) is 101 cm³/mol. The zero-order valence-electron chi connectivity index (χ0n) is 13.1. The number of fused-ring (bicyclic) bond motifs is 5. The fourth-order valence-corrected chi connectivity index (χ4v) is 4.98. The average Bonchev–Trinajstić information content (AvgIpc) is 3.21. The first-order chi connectivity index (χ1) is 11.8. The highest BCUT2D eigenvalue weighted by molar-refractivity contribution is 7.26. The molecule has 4 aromatic rings. The van der Waals surface area contributed by atoms with E-state index in [0.717, 1.165) is 28.4 Å². The summed E-state index contributed by atoms with van der Waals surface area (Å²) >= 11 is 1.66. The van der Waals surface area contributed by atoms with Gasteiger partial charge < -0.3 is 5.32 Å². The number of anilines is 1. The number of hydrogen-bond donors (Lipinski definition) is 2. The molecular weight excluding hydrogens is 318 g/mol. The molecule has 0 amide bonds. The van der Waals surface area contributed by atoms with Crippen molar-refractivity contribution in [1.82, 2.24) is 9.97 Å². The maximum atomic E-state index is 12.7. The molecule has 0 bridgehead atoms. The zero-order chi connectivity index (χ0) is 16.1. The second-order valence-electron chi connectivity index (χ2n) is 6.47. The molecule has 2 aromatic carbocycles. The Morgan fingerprint density at radius 2 is 1.92 bits per heavy atom. The minimum Gasteiger partial charge on any atom is -0.353 e. The number of H-pyrrole nitrogens is 1. The molecule has 24 heavy (non-hydrogen) atoms. The van der Waals surface area contributed by atoms with Crippen LogP contribution in [0, 0.1) is 0 Å². The molecule has 0 saturated heterocycles. The van der Waals surface area contributed by atoms with Crippen LogP contribution in [0.5, 0.6) is 0 Å². The van der Waals surface area contributed by atoms with Crippen molar-refractivity contribution in [3.8, 4) is 0 Å². The third-order valence-corrected chi connectivity index (χ3v) is 6.12. The zero-order valence-corrected chi connectivity index (χ0v) is 14.0. The van der Waals surface area contributed by atoms with Gasteiger partial charge in [-0.2, -0.15) is 0 Å². The monoisotopic (exact) mass is 335 g/mol. The third kappa shape index (κ3) is 2.12. The molecule has 5 heteroatoms. The van der Waals surface area contributed by atoms with Crippen LogP contribution in [0.3, 0.4) is 0 Å². The number of thiophene rings is 1. The van der Waals surface area contributed by atoms with Crippen molar-refractivity contribution in [2.75, 3.05) is 5.32 Å². The van der Waals surface area contributed by atoms with E-state index in [-0.39, 0.29) is 5.56 Å². The van der Waals surface area contributed by atoms with Gasteiger partial charge in [0.25, 0.3) is 5.56 Å². The summed E-state index contributed by atoms with van der Waals surface area (Å²) < 4.78 is 2.22. The second-order valence-corrected chi connectivity index (χ2v) is 7.53. The smallest absolute Gasteiger partial charge is 0.261 e. The van der Waals surface area contributed by atoms with Crippen LogP contribution in [-0.4, -0.2) is 16.0 Å². The quantitative estimate of drug-likeness (QED) is 0.561. The highest BCUT2D eigenvalue weighted by atomic mass is 32.1. The van der Waals surface area contributed by atoms with Gasteiger partial charge in [0.05, 0.1) is 15.6 Å². The minimum atomic E-state index is -0.0577. The fraction of sp³-hybridized carbons (Fsp3) is 0.263. The molecule has 5 rings (SSSR count). The normalized spacial score (nSPS) is 15.7. The van der Waals surface area contributed by atoms with Crippen LogP contribution in [0.1, 0.15) is 25.7 Å². The molecule has 2 aromatic heterocycles. The standard InChI is InChI=1S/C19H17N3OS/c23-18-16-14(21-19(22-18)20-11-5-1-2-6-11)10-9-13-12-7-3-4-8-15(12)24-17(13)16/h3-4,7-11H,1-2,5-6H2,(H2,20,21,22,23). The van der Waals surface area contributed by atoms with E-state index >= 15 is 0 Å². The molecule has 2 heterocycles. The number of aromatic amines is 1. The van der Waals surface area contributed by atoms with Crippen molar-refractivity contribution in [1.29, 1.82) is 0 Å². The van der Waals surface area contributed by atoms with Gasteiger partial charge in [-0.05, 0) is 25.0 Å². The lowest BCUT2D eigenvalue weighted by molar-refractivity contribution is 0.744. The van der Waals surface area contributed by atoms with E-state index < -0.39 is 0 Å². The van der Waals surface area contributed by atoms with E-state index in [4.69, 9.17) is 0 Å². The molecule has 0 unspecified atom stereocenters. The molecule has 1 fully saturated rings. The van der Waals surface area contributed by atoms with E-state index in [1.807, 2.05) is 18.2 Å². The number of hydrogen-bond acceptors (Lipinski definition) is 4. The Hall–Kier alpha value is -2.40. The van der Waals surface area contributed by atoms with Gasteiger partial charge in [-0.15, -0.1) is 11.3 Å². The van der Waals surface area contributed by atoms with Crippen LogP contribution in [0.2, 0.25) is 0 Å². The van der Waals surface area contributed by atoms with Gasteiger partial charge in [0.1, 0.15) is 0 Å². The molecule has 0 atom stereocenters. The van der Waals surface area contributed by atoms with Crippen molar-refractivity contribution >= 4 is 48.4 Å². The summed E-state index contributed by atoms with van der Waals surface area (Å²) in [5.74, 6) is 0.597. The highest BCUT2D eigenvalue weighted by Crippen LogP contribution is 2.36. The van der Waals surface area contributed by atoms with Crippen molar-refractivity contribution in [2.45, 2.75) is 31.7 Å². The van der Waals surface area contributed by atoms with Gasteiger partial charge in [0.15, 0.2) is 0 Å². The van der Waals surface area contributed by atoms with Gasteiger partial charge in [0, 0.05) is 21.5 Å². The maximum absolute atomic E-state index is 12.7. The topological polar surface area (TPSA) is 57.8 Å². The van der Waals surface area contributed by atoms with E-state index in [9.17, 15) is 4.79 Å². The Morgan fingerprint density at radius 1 is 1.08 bits per heavy atom. The molecular formula is C19H17N3OS. The van der Waals surface area contributed by atoms with Crippen molar-refractivity contribution in [2.24, 2.45) is 0 Å². The predicted octanol–water partition coefficient (Wildman–Crippen LogP) is 4.65. The van der Waals surface area contributed by atoms with Crippen molar-refractivity contribution < 1.29 is 0 Å². The third-order valence-electron chi connectivity index (χ3n) is 4.91. The Labute approximate surface area is 142 Å². The summed E-state index contributed by atoms with van der Waals surface area (Å²) in [5, 5.41) is 6.42. The van der Waals surface area contributed by atoms with E-state index in [2.05, 4.69) is 33.5 Å². The van der Waals surface area contributed by atoms with Gasteiger partial charge in [0.2, 0.25) is 5.95 Å². The summed E-state index contributed by atoms with van der Waals surface area (Å²) in [7, 11) is 0. The molecule has 120 valence electrons. The van der Waals surface area contributed by atoms with Gasteiger partial charge in [-0.3, -0.25) is 9.78 Å². The van der Waals surface area contributed by atoms with Crippen LogP contribution in [-0.2, 0) is 0 Å². The Morgan fingerprint density at radius 3 is 2.79 bits per heavy atom. The second kappa shape index (κ2) is 5.31. The van der Waals surface area contributed by atoms with E-state index in [0.29, 0.717) is 17.4 Å². The minimum absolute atomic E-state index is 0.0577. The lowest BCUT2D eigenvalue weighted by atomic mass is 10.1. The first-order valence-corrected chi connectivity index (χ1v) is 9.22. The molecule has 1 saturated carbocycles. The van der Waals surface area contributed by atoms with E-state index in [1.54, 1.807) is 11.3 Å². The maximum Gasteiger partial charge on any atom is 0.261 e. The summed E-state index contributed by atoms with van der Waals surface area (Å²) in [5.41, 5.74) is 0.705. The number of nitrogens with one attached hydrogen (secondary N) is 2. The molecule has 1 aliphatic rings. The molecule has 4 nitrogen and oxygen atoms in total. The number of rotatable bonds is 2. The van der Waals surface area contributed by atoms with Crippen LogP contribution < -0.4 is 10.9 Å². The first kappa shape index (κ1) is 14.0. The Bertz CT molecular complexity index is 1120. The lowest BCUT2D eigenvalue weighted by Crippen LogP contribution is -2.20. The van der Waals surface area contributed by atoms with Crippen LogP contribution >= 0.6 is 11.3 Å². The van der Waals surface area contributed by atoms with Crippen molar-refractivity contribution in [3.63, 3.8) is 0 Å². The van der Waals surface area contributed by atoms with Crippen molar-refractivity contribution in [3.05, 3.63) is 46.8 Å². The van der Waals surface area contributed by atoms with Gasteiger partial charge >= 0.3 is 0 Å². The van der Waals surface area contributed by atoms with Crippen LogP contribution in [0.4, 0.5) is 5.95 Å². The van der Waals surface area contributed by atoms with Crippen LogP contribution in [0.25, 0.3) is 31.1 Å². The largest absolute Gasteiger partial charge is 0.353 e. The fourth-order valence-electron chi connectivity index (χ4n) is 3.74. The summed E-state index contributed by atoms with van der Waals surface area (Å²) in [4.78, 5) is 20.3. The summed E-state index contributed by atoms with van der Waals surface area (Å²) in [6, 6.07) is 12.8. The van der Waals surface area contributed by atoms with E-state index in [1.165, 1.54) is 22.9 Å². The Balaban J connectivity index is 1.73. The summed E-state index contributed by atoms with van der Waals surface area (Å²) in [6.07, 6.45) is 4.80. The average molecular weight is 335 g/mol. The number of nitrogens with zero attached hydrogens (tertiary/aromatic N) is 1. The number of benzene rings is 2. The molecule has 1 aliphatic carbocycles. The van der Waals surface area contributed by atoms with Gasteiger partial charge in [-0.25, -0.2) is 4.98 Å². The first-order valence-electron chi connectivity index (χ1n) is 8.40. The molecule has 0 radical (unpaired) electrons. The van der Waals surface area contributed by atoms with Crippen LogP contribution in [0.15, 0.2) is 41.2 Å². The number of aromatic nitrogens is 2. The summed E-state index contributed by atoms with van der Waals surface area (Å²) in [6.45, 7) is 0. The SMILES string of the molecule is O=c1[nH]c(NC2CCCC2)nc2ccc3c4ccccc4sc3c12. The molecule has 0 spiro atoms.